The molecule has 0 fully saturated rings. The lowest BCUT2D eigenvalue weighted by molar-refractivity contribution is -0.697. The molecule has 1 rings (SSSR count). The number of rotatable bonds is 17. The van der Waals surface area contributed by atoms with Gasteiger partial charge in [0.15, 0.2) is 45.6 Å². The van der Waals surface area contributed by atoms with Crippen molar-refractivity contribution in [3.63, 3.8) is 0 Å². The van der Waals surface area contributed by atoms with E-state index in [1.807, 2.05) is 17.0 Å². The number of carbonyl (C=O) groups is 1. The summed E-state index contributed by atoms with van der Waals surface area (Å²) in [6.45, 7) is 4.38. The molecule has 1 aromatic rings. The number of isocyanates is 1. The molecule has 0 aliphatic rings. The van der Waals surface area contributed by atoms with Crippen LogP contribution in [0, 0.1) is 0 Å². The number of ether oxygens (including phenoxy) is 1. The molecule has 1 N–H and O–H groups in total. The Labute approximate surface area is 240 Å². The van der Waals surface area contributed by atoms with Crippen LogP contribution in [0.2, 0.25) is 0 Å². The Morgan fingerprint density at radius 3 is 2.00 bits per heavy atom. The molecule has 242 valence electrons. The van der Waals surface area contributed by atoms with Crippen molar-refractivity contribution < 1.29 is 62.1 Å². The number of aliphatic imine (C=N–C) groups is 1. The maximum atomic E-state index is 11.6. The third-order valence-electron chi connectivity index (χ3n) is 5.17. The summed E-state index contributed by atoms with van der Waals surface area (Å²) >= 11 is 0. The van der Waals surface area contributed by atoms with E-state index in [1.165, 1.54) is 37.3 Å². The van der Waals surface area contributed by atoms with Crippen molar-refractivity contribution in [2.45, 2.75) is 82.3 Å². The van der Waals surface area contributed by atoms with Crippen LogP contribution in [-0.2, 0) is 42.5 Å². The van der Waals surface area contributed by atoms with E-state index in [0.717, 1.165) is 36.2 Å². The van der Waals surface area contributed by atoms with Crippen LogP contribution in [0.15, 0.2) is 29.5 Å². The molecule has 0 aliphatic carbocycles. The lowest BCUT2D eigenvalue weighted by Crippen LogP contribution is -2.37. The Kier molecular flexibility index (Phi) is 18.2. The third kappa shape index (κ3) is 17.3. The summed E-state index contributed by atoms with van der Waals surface area (Å²) in [7, 11) is -13.4. The van der Waals surface area contributed by atoms with Gasteiger partial charge in [-0.25, -0.2) is 36.0 Å². The van der Waals surface area contributed by atoms with Crippen molar-refractivity contribution in [1.82, 2.24) is 5.32 Å². The topological polar surface area (TPSA) is 154 Å². The predicted octanol–water partition coefficient (Wildman–Crippen LogP) is 4.78. The van der Waals surface area contributed by atoms with Crippen LogP contribution in [0.1, 0.15) is 63.9 Å². The number of pyridine rings is 1. The smallest absolute Gasteiger partial charge is 0.443 e. The predicted molar refractivity (Wildman–Crippen MR) is 139 cm³/mol. The van der Waals surface area contributed by atoms with Crippen molar-refractivity contribution in [1.29, 1.82) is 0 Å². The highest BCUT2D eigenvalue weighted by Crippen LogP contribution is 2.36. The largest absolute Gasteiger partial charge is 0.480 e. The second kappa shape index (κ2) is 19.4. The van der Waals surface area contributed by atoms with Gasteiger partial charge in [-0.05, 0) is 31.2 Å². The van der Waals surface area contributed by atoms with Crippen molar-refractivity contribution >= 4 is 32.2 Å². The van der Waals surface area contributed by atoms with E-state index in [9.17, 15) is 52.8 Å². The molecule has 1 aromatic heterocycles. The Hall–Kier alpha value is -2.76. The quantitative estimate of drug-likeness (QED) is 0.0833. The summed E-state index contributed by atoms with van der Waals surface area (Å²) in [5.41, 5.74) is -11.0. The van der Waals surface area contributed by atoms with Gasteiger partial charge in [-0.2, -0.15) is 26.3 Å². The number of halogens is 6. The zero-order valence-electron chi connectivity index (χ0n) is 22.8. The summed E-state index contributed by atoms with van der Waals surface area (Å²) in [6.07, 6.45) is 15.3. The molecule has 1 heterocycles. The monoisotopic (exact) mass is 656 g/mol. The molecule has 1 amide bonds. The first-order valence-electron chi connectivity index (χ1n) is 12.8. The molecule has 0 atom stereocenters. The standard InChI is InChI=1S/C21H33N3O3.C2F6NO4S2/c1-2-3-4-7-10-20-11-15-24(16-12-20)17-18-27-21(26)23-14-9-6-5-8-13-22-19-25;3-1(4,5)14(10,11)9-15(12,13)2(6,7)8/h11-12,15-16H,2-10,13-14,17-18H2,1H3;/q;-1/p+1. The van der Waals surface area contributed by atoms with Gasteiger partial charge in [0.1, 0.15) is 0 Å². The third-order valence-corrected chi connectivity index (χ3v) is 7.91. The second-order valence-corrected chi connectivity index (χ2v) is 12.0. The molecular formula is C23H34F6N4O7S2. The first kappa shape index (κ1) is 39.2. The van der Waals surface area contributed by atoms with Gasteiger partial charge in [-0.1, -0.05) is 39.0 Å². The number of aromatic nitrogens is 1. The highest BCUT2D eigenvalue weighted by Gasteiger charge is 2.46. The van der Waals surface area contributed by atoms with Crippen molar-refractivity contribution in [3.05, 3.63) is 34.2 Å². The number of carbonyl (C=O) groups excluding carboxylic acids is 2. The van der Waals surface area contributed by atoms with E-state index in [-0.39, 0.29) is 6.09 Å². The van der Waals surface area contributed by atoms with E-state index in [0.29, 0.717) is 26.2 Å². The van der Waals surface area contributed by atoms with Crippen LogP contribution in [0.5, 0.6) is 0 Å². The minimum Gasteiger partial charge on any atom is -0.443 e. The molecule has 0 spiro atoms. The lowest BCUT2D eigenvalue weighted by atomic mass is 10.1. The maximum Gasteiger partial charge on any atom is 0.480 e. The normalized spacial score (nSPS) is 12.1. The van der Waals surface area contributed by atoms with Crippen LogP contribution in [0.4, 0.5) is 31.1 Å². The first-order chi connectivity index (χ1) is 19.5. The zero-order chi connectivity index (χ0) is 32.3. The molecule has 42 heavy (non-hydrogen) atoms. The zero-order valence-corrected chi connectivity index (χ0v) is 24.4. The summed E-state index contributed by atoms with van der Waals surface area (Å²) in [5.74, 6) is 0. The Bertz CT molecular complexity index is 1150. The van der Waals surface area contributed by atoms with Gasteiger partial charge in [0.05, 0.1) is 6.54 Å². The molecule has 0 bridgehead atoms. The average Bonchev–Trinajstić information content (AvgIpc) is 2.87. The molecule has 11 nitrogen and oxygen atoms in total. The van der Waals surface area contributed by atoms with Gasteiger partial charge in [0.25, 0.3) is 0 Å². The number of hydrogen-bond donors (Lipinski definition) is 1. The van der Waals surface area contributed by atoms with E-state index in [2.05, 4.69) is 29.4 Å². The minimum atomic E-state index is -6.72. The Balaban J connectivity index is 0.000000951. The number of unbranched alkanes of at least 4 members (excludes halogenated alkanes) is 6. The number of alkyl halides is 6. The number of alkyl carbamates (subject to hydrolysis) is 1. The fourth-order valence-electron chi connectivity index (χ4n) is 2.97. The van der Waals surface area contributed by atoms with Crippen LogP contribution in [0.3, 0.4) is 0 Å². The molecular weight excluding hydrogens is 622 g/mol. The molecule has 0 unspecified atom stereocenters. The van der Waals surface area contributed by atoms with Gasteiger partial charge in [-0.15, -0.1) is 0 Å². The lowest BCUT2D eigenvalue weighted by Gasteiger charge is -2.22. The van der Waals surface area contributed by atoms with Crippen molar-refractivity contribution in [3.8, 4) is 0 Å². The number of amides is 1. The van der Waals surface area contributed by atoms with Crippen LogP contribution in [-0.4, -0.2) is 59.7 Å². The van der Waals surface area contributed by atoms with Crippen molar-refractivity contribution in [2.24, 2.45) is 4.99 Å². The van der Waals surface area contributed by atoms with E-state index in [4.69, 9.17) is 4.74 Å². The Morgan fingerprint density at radius 2 is 1.48 bits per heavy atom. The number of nitrogens with zero attached hydrogens (tertiary/aromatic N) is 3. The molecule has 19 heteroatoms. The van der Waals surface area contributed by atoms with Gasteiger partial charge in [-0.3, -0.25) is 0 Å². The maximum absolute atomic E-state index is 11.6. The highest BCUT2D eigenvalue weighted by atomic mass is 32.3. The first-order valence-corrected chi connectivity index (χ1v) is 15.6. The van der Waals surface area contributed by atoms with Gasteiger partial charge in [0, 0.05) is 18.7 Å². The van der Waals surface area contributed by atoms with Crippen LogP contribution >= 0.6 is 0 Å². The molecule has 0 aliphatic heterocycles. The van der Waals surface area contributed by atoms with Gasteiger partial charge < -0.3 is 14.2 Å². The fourth-order valence-corrected chi connectivity index (χ4v) is 4.68. The van der Waals surface area contributed by atoms with Gasteiger partial charge in [0.2, 0.25) is 6.08 Å². The van der Waals surface area contributed by atoms with Crippen molar-refractivity contribution in [2.75, 3.05) is 19.7 Å². The summed E-state index contributed by atoms with van der Waals surface area (Å²) in [5, 5.41) is 2.76. The number of nitrogens with one attached hydrogen (secondary N) is 1. The minimum absolute atomic E-state index is 0.357. The van der Waals surface area contributed by atoms with Gasteiger partial charge >= 0.3 is 17.1 Å². The van der Waals surface area contributed by atoms with Crippen LogP contribution in [0.25, 0.3) is 4.13 Å². The van der Waals surface area contributed by atoms with E-state index >= 15 is 0 Å². The molecule has 0 aromatic carbocycles. The number of sulfonamides is 2. The summed E-state index contributed by atoms with van der Waals surface area (Å²) in [6, 6.07) is 4.29. The Morgan fingerprint density at radius 1 is 0.929 bits per heavy atom. The fraction of sp³-hybridized carbons (Fsp3) is 0.696. The molecule has 0 radical (unpaired) electrons. The SMILES string of the molecule is CCCCCCc1cc[n+](CCOC(=O)NCCCCCCN=C=O)cc1.O=S(=O)([N-]S(=O)(=O)C(F)(F)F)C(F)(F)F. The van der Waals surface area contributed by atoms with E-state index < -0.39 is 31.1 Å². The number of aryl methyl sites for hydroxylation is 1. The second-order valence-electron chi connectivity index (χ2n) is 8.62. The molecule has 0 saturated carbocycles. The average molecular weight is 657 g/mol. The summed E-state index contributed by atoms with van der Waals surface area (Å²) in [4.78, 5) is 25.0. The van der Waals surface area contributed by atoms with E-state index in [1.54, 1.807) is 0 Å². The molecule has 0 saturated heterocycles. The van der Waals surface area contributed by atoms with Crippen LogP contribution < -0.4 is 9.88 Å². The summed E-state index contributed by atoms with van der Waals surface area (Å²) < 4.78 is 116. The number of hydrogen-bond acceptors (Lipinski definition) is 8. The highest BCUT2D eigenvalue weighted by molar-refractivity contribution is 8.13.